The molecule has 0 spiro atoms. The van der Waals surface area contributed by atoms with E-state index in [1.807, 2.05) is 6.07 Å². The van der Waals surface area contributed by atoms with Crippen LogP contribution < -0.4 is 5.32 Å². The minimum atomic E-state index is 0.414. The fraction of sp³-hybridized carbons (Fsp3) is 0.500. The molecule has 0 unspecified atom stereocenters. The molecule has 84 valence electrons. The van der Waals surface area contributed by atoms with Crippen LogP contribution in [0.4, 0.5) is 0 Å². The summed E-state index contributed by atoms with van der Waals surface area (Å²) in [4.78, 5) is 0. The van der Waals surface area contributed by atoms with Gasteiger partial charge >= 0.3 is 0 Å². The molecule has 3 heteroatoms. The standard InChI is InChI=1S/C12H18BrNO/c1-3-12(14-7-8-15-2)10-5-4-6-11(13)9-10/h4-6,9,12,14H,3,7-8H2,1-2H3/t12-/m0/s1. The molecule has 1 N–H and O–H groups in total. The molecule has 0 aromatic heterocycles. The van der Waals surface area contributed by atoms with E-state index in [0.29, 0.717) is 6.04 Å². The Kier molecular flexibility index (Phi) is 5.91. The minimum Gasteiger partial charge on any atom is -0.383 e. The van der Waals surface area contributed by atoms with Gasteiger partial charge in [0, 0.05) is 24.2 Å². The van der Waals surface area contributed by atoms with Gasteiger partial charge in [-0.3, -0.25) is 0 Å². The van der Waals surface area contributed by atoms with Crippen LogP contribution in [0.1, 0.15) is 24.9 Å². The molecule has 2 nitrogen and oxygen atoms in total. The monoisotopic (exact) mass is 271 g/mol. The van der Waals surface area contributed by atoms with E-state index in [4.69, 9.17) is 4.74 Å². The van der Waals surface area contributed by atoms with Crippen molar-refractivity contribution in [1.82, 2.24) is 5.32 Å². The van der Waals surface area contributed by atoms with Crippen LogP contribution in [-0.4, -0.2) is 20.3 Å². The van der Waals surface area contributed by atoms with Crippen molar-refractivity contribution in [2.75, 3.05) is 20.3 Å². The second-order valence-electron chi connectivity index (χ2n) is 3.46. The molecular weight excluding hydrogens is 254 g/mol. The minimum absolute atomic E-state index is 0.414. The fourth-order valence-corrected chi connectivity index (χ4v) is 1.97. The zero-order chi connectivity index (χ0) is 11.1. The van der Waals surface area contributed by atoms with Crippen LogP contribution in [0.2, 0.25) is 0 Å². The molecule has 0 aliphatic heterocycles. The maximum atomic E-state index is 5.02. The summed E-state index contributed by atoms with van der Waals surface area (Å²) in [6, 6.07) is 8.84. The van der Waals surface area contributed by atoms with Crippen LogP contribution in [0.3, 0.4) is 0 Å². The van der Waals surface area contributed by atoms with Crippen LogP contribution in [0.15, 0.2) is 28.7 Å². The van der Waals surface area contributed by atoms with Crippen molar-refractivity contribution in [2.24, 2.45) is 0 Å². The summed E-state index contributed by atoms with van der Waals surface area (Å²) in [6.45, 7) is 3.83. The molecule has 0 bridgehead atoms. The van der Waals surface area contributed by atoms with Gasteiger partial charge in [-0.15, -0.1) is 0 Å². The molecule has 1 aromatic carbocycles. The summed E-state index contributed by atoms with van der Waals surface area (Å²) in [5.74, 6) is 0. The van der Waals surface area contributed by atoms with Gasteiger partial charge in [-0.1, -0.05) is 35.0 Å². The van der Waals surface area contributed by atoms with E-state index >= 15 is 0 Å². The van der Waals surface area contributed by atoms with Crippen LogP contribution in [0, 0.1) is 0 Å². The molecule has 0 heterocycles. The summed E-state index contributed by atoms with van der Waals surface area (Å²) in [6.07, 6.45) is 1.08. The van der Waals surface area contributed by atoms with Gasteiger partial charge in [0.2, 0.25) is 0 Å². The van der Waals surface area contributed by atoms with Crippen molar-refractivity contribution in [2.45, 2.75) is 19.4 Å². The van der Waals surface area contributed by atoms with Gasteiger partial charge in [0.25, 0.3) is 0 Å². The highest BCUT2D eigenvalue weighted by atomic mass is 79.9. The zero-order valence-electron chi connectivity index (χ0n) is 9.29. The third-order valence-corrected chi connectivity index (χ3v) is 2.85. The van der Waals surface area contributed by atoms with E-state index < -0.39 is 0 Å². The Balaban J connectivity index is 2.57. The van der Waals surface area contributed by atoms with Crippen molar-refractivity contribution in [3.05, 3.63) is 34.3 Å². The number of methoxy groups -OCH3 is 1. The first-order valence-corrected chi connectivity index (χ1v) is 6.05. The van der Waals surface area contributed by atoms with Crippen molar-refractivity contribution >= 4 is 15.9 Å². The van der Waals surface area contributed by atoms with Gasteiger partial charge in [-0.2, -0.15) is 0 Å². The number of hydrogen-bond acceptors (Lipinski definition) is 2. The Morgan fingerprint density at radius 1 is 1.47 bits per heavy atom. The summed E-state index contributed by atoms with van der Waals surface area (Å²) in [7, 11) is 1.72. The number of nitrogens with one attached hydrogen (secondary N) is 1. The molecule has 0 radical (unpaired) electrons. The number of rotatable bonds is 6. The van der Waals surface area contributed by atoms with Gasteiger partial charge in [-0.25, -0.2) is 0 Å². The normalized spacial score (nSPS) is 12.7. The smallest absolute Gasteiger partial charge is 0.0587 e. The summed E-state index contributed by atoms with van der Waals surface area (Å²) in [5, 5.41) is 3.47. The molecule has 1 rings (SSSR count). The third kappa shape index (κ3) is 4.33. The van der Waals surface area contributed by atoms with Crippen molar-refractivity contribution < 1.29 is 4.74 Å². The lowest BCUT2D eigenvalue weighted by Gasteiger charge is -2.17. The second kappa shape index (κ2) is 6.99. The molecule has 0 saturated heterocycles. The first-order valence-electron chi connectivity index (χ1n) is 5.25. The van der Waals surface area contributed by atoms with E-state index in [-0.39, 0.29) is 0 Å². The van der Waals surface area contributed by atoms with Crippen LogP contribution in [-0.2, 0) is 4.74 Å². The van der Waals surface area contributed by atoms with E-state index in [1.165, 1.54) is 5.56 Å². The highest BCUT2D eigenvalue weighted by Gasteiger charge is 2.07. The lowest BCUT2D eigenvalue weighted by atomic mass is 10.1. The van der Waals surface area contributed by atoms with Crippen molar-refractivity contribution in [3.63, 3.8) is 0 Å². The Hall–Kier alpha value is -0.380. The SMILES string of the molecule is CC[C@H](NCCOC)c1cccc(Br)c1. The van der Waals surface area contributed by atoms with Crippen LogP contribution in [0.5, 0.6) is 0 Å². The fourth-order valence-electron chi connectivity index (χ4n) is 1.56. The van der Waals surface area contributed by atoms with Crippen molar-refractivity contribution in [3.8, 4) is 0 Å². The highest BCUT2D eigenvalue weighted by molar-refractivity contribution is 9.10. The van der Waals surface area contributed by atoms with E-state index in [2.05, 4.69) is 46.4 Å². The van der Waals surface area contributed by atoms with E-state index in [1.54, 1.807) is 7.11 Å². The quantitative estimate of drug-likeness (QED) is 0.803. The van der Waals surface area contributed by atoms with Gasteiger partial charge < -0.3 is 10.1 Å². The average molecular weight is 272 g/mol. The lowest BCUT2D eigenvalue weighted by molar-refractivity contribution is 0.195. The first kappa shape index (κ1) is 12.7. The molecule has 1 aromatic rings. The average Bonchev–Trinajstić information content (AvgIpc) is 2.24. The Morgan fingerprint density at radius 3 is 2.87 bits per heavy atom. The zero-order valence-corrected chi connectivity index (χ0v) is 10.9. The Bertz CT molecular complexity index is 291. The molecule has 0 aliphatic carbocycles. The van der Waals surface area contributed by atoms with Gasteiger partial charge in [0.1, 0.15) is 0 Å². The summed E-state index contributed by atoms with van der Waals surface area (Å²) >= 11 is 3.49. The number of benzene rings is 1. The van der Waals surface area contributed by atoms with Crippen molar-refractivity contribution in [1.29, 1.82) is 0 Å². The maximum absolute atomic E-state index is 5.02. The van der Waals surface area contributed by atoms with Gasteiger partial charge in [-0.05, 0) is 24.1 Å². The third-order valence-electron chi connectivity index (χ3n) is 2.36. The topological polar surface area (TPSA) is 21.3 Å². The molecule has 0 saturated carbocycles. The van der Waals surface area contributed by atoms with Crippen LogP contribution >= 0.6 is 15.9 Å². The Labute approximate surface area is 100 Å². The Morgan fingerprint density at radius 2 is 2.27 bits per heavy atom. The molecule has 0 amide bonds. The van der Waals surface area contributed by atoms with Gasteiger partial charge in [0.05, 0.1) is 6.61 Å². The predicted molar refractivity (Wildman–Crippen MR) is 67.1 cm³/mol. The molecule has 1 atom stereocenters. The number of hydrogen-bond donors (Lipinski definition) is 1. The highest BCUT2D eigenvalue weighted by Crippen LogP contribution is 2.20. The lowest BCUT2D eigenvalue weighted by Crippen LogP contribution is -2.24. The maximum Gasteiger partial charge on any atom is 0.0587 e. The van der Waals surface area contributed by atoms with Gasteiger partial charge in [0.15, 0.2) is 0 Å². The first-order chi connectivity index (χ1) is 7.27. The van der Waals surface area contributed by atoms with E-state index in [9.17, 15) is 0 Å². The molecule has 0 fully saturated rings. The largest absolute Gasteiger partial charge is 0.383 e. The predicted octanol–water partition coefficient (Wildman–Crippen LogP) is 3.14. The second-order valence-corrected chi connectivity index (χ2v) is 4.38. The number of ether oxygens (including phenoxy) is 1. The summed E-state index contributed by atoms with van der Waals surface area (Å²) in [5.41, 5.74) is 1.32. The number of halogens is 1. The van der Waals surface area contributed by atoms with Crippen LogP contribution in [0.25, 0.3) is 0 Å². The molecule has 15 heavy (non-hydrogen) atoms. The molecular formula is C12H18BrNO. The molecule has 0 aliphatic rings. The summed E-state index contributed by atoms with van der Waals surface area (Å²) < 4.78 is 6.16. The van der Waals surface area contributed by atoms with E-state index in [0.717, 1.165) is 24.0 Å².